The Bertz CT molecular complexity index is 1760. The molecule has 6 N–H and O–H groups in total. The van der Waals surface area contributed by atoms with Gasteiger partial charge in [0, 0.05) is 19.4 Å². The van der Waals surface area contributed by atoms with Crippen molar-refractivity contribution in [2.24, 2.45) is 17.8 Å². The number of ether oxygens (including phenoxy) is 1. The molecule has 2 aromatic carbocycles. The number of hydrogen-bond donors (Lipinski definition) is 6. The number of carbonyl (C=O) groups is 7. The van der Waals surface area contributed by atoms with Crippen LogP contribution < -0.4 is 26.6 Å². The second kappa shape index (κ2) is 22.8. The van der Waals surface area contributed by atoms with Gasteiger partial charge in [0.05, 0.1) is 0 Å². The van der Waals surface area contributed by atoms with E-state index < -0.39 is 89.4 Å². The third-order valence-corrected chi connectivity index (χ3v) is 9.94. The molecule has 6 amide bonds. The molecule has 15 nitrogen and oxygen atoms in total. The second-order valence-corrected chi connectivity index (χ2v) is 17.8. The Morgan fingerprint density at radius 1 is 0.667 bits per heavy atom. The number of alkyl carbamates (subject to hydrolysis) is 1. The summed E-state index contributed by atoms with van der Waals surface area (Å²) in [5.74, 6) is -4.63. The molecule has 1 aliphatic heterocycles. The number of hydrogen-bond acceptors (Lipinski definition) is 8. The van der Waals surface area contributed by atoms with Crippen LogP contribution in [-0.4, -0.2) is 100 Å². The van der Waals surface area contributed by atoms with Gasteiger partial charge >= 0.3 is 12.1 Å². The summed E-state index contributed by atoms with van der Waals surface area (Å²) in [5, 5.41) is 23.4. The van der Waals surface area contributed by atoms with Gasteiger partial charge in [0.1, 0.15) is 41.9 Å². The molecule has 0 unspecified atom stereocenters. The molecule has 1 aliphatic rings. The fourth-order valence-electron chi connectivity index (χ4n) is 7.05. The normalized spacial score (nSPS) is 16.6. The molecule has 3 rings (SSSR count). The van der Waals surface area contributed by atoms with E-state index in [0.29, 0.717) is 12.8 Å². The zero-order chi connectivity index (χ0) is 44.7. The Labute approximate surface area is 354 Å². The molecule has 15 heteroatoms. The molecule has 6 atom stereocenters. The Morgan fingerprint density at radius 3 is 1.62 bits per heavy atom. The number of carboxylic acids is 1. The van der Waals surface area contributed by atoms with Crippen molar-refractivity contribution in [1.82, 2.24) is 31.5 Å². The molecule has 0 radical (unpaired) electrons. The molecule has 0 saturated carbocycles. The van der Waals surface area contributed by atoms with E-state index in [4.69, 9.17) is 4.74 Å². The average molecular weight is 835 g/mol. The molecule has 0 bridgehead atoms. The minimum Gasteiger partial charge on any atom is -0.480 e. The molecule has 1 heterocycles. The minimum absolute atomic E-state index is 0.00313. The number of amides is 6. The van der Waals surface area contributed by atoms with Crippen molar-refractivity contribution >= 4 is 41.6 Å². The van der Waals surface area contributed by atoms with Gasteiger partial charge in [0.25, 0.3) is 0 Å². The molecule has 0 aliphatic carbocycles. The highest BCUT2D eigenvalue weighted by Gasteiger charge is 2.40. The van der Waals surface area contributed by atoms with Crippen molar-refractivity contribution in [2.75, 3.05) is 6.54 Å². The molecule has 1 saturated heterocycles. The lowest BCUT2D eigenvalue weighted by atomic mass is 9.99. The second-order valence-electron chi connectivity index (χ2n) is 17.8. The lowest BCUT2D eigenvalue weighted by Gasteiger charge is -2.31. The quantitative estimate of drug-likeness (QED) is 0.113. The van der Waals surface area contributed by atoms with Crippen molar-refractivity contribution in [3.05, 3.63) is 71.8 Å². The van der Waals surface area contributed by atoms with Crippen LogP contribution in [0, 0.1) is 17.8 Å². The predicted octanol–water partition coefficient (Wildman–Crippen LogP) is 4.13. The Morgan fingerprint density at radius 2 is 1.13 bits per heavy atom. The van der Waals surface area contributed by atoms with E-state index in [9.17, 15) is 38.7 Å². The number of carbonyl (C=O) groups excluding carboxylic acids is 6. The van der Waals surface area contributed by atoms with Gasteiger partial charge in [-0.1, -0.05) is 102 Å². The van der Waals surface area contributed by atoms with Crippen LogP contribution in [0.4, 0.5) is 4.79 Å². The standard InChI is InChI=1S/C45H66N6O9/c1-27(2)23-32(40(54)50-37(29(5)6)43(57)58)46-39(53)34(25-30-17-12-10-13-18-30)47-41(55)36-21-16-22-51(36)42(56)35(26-31-19-14-11-15-20-31)48-38(52)33(24-28(3)4)49-44(59)60-45(7,8)9/h10-15,17-20,27-29,32-37H,16,21-26H2,1-9H3,(H,46,53)(H,47,55)(H,48,52)(H,49,59)(H,50,54)(H,57,58)/t32-,33+,34-,35+,36-,37-/m0/s1. The molecule has 0 aromatic heterocycles. The monoisotopic (exact) mass is 834 g/mol. The largest absolute Gasteiger partial charge is 0.480 e. The number of nitrogens with zero attached hydrogens (tertiary/aromatic N) is 1. The number of benzene rings is 2. The van der Waals surface area contributed by atoms with Crippen LogP contribution in [0.2, 0.25) is 0 Å². The van der Waals surface area contributed by atoms with Gasteiger partial charge < -0.3 is 41.3 Å². The van der Waals surface area contributed by atoms with E-state index in [1.165, 1.54) is 4.90 Å². The summed E-state index contributed by atoms with van der Waals surface area (Å²) in [6.07, 6.45) is 0.661. The van der Waals surface area contributed by atoms with Crippen LogP contribution in [0.3, 0.4) is 0 Å². The Hall–Kier alpha value is -5.47. The number of nitrogens with one attached hydrogen (secondary N) is 5. The molecule has 1 fully saturated rings. The fraction of sp³-hybridized carbons (Fsp3) is 0.578. The molecule has 330 valence electrons. The average Bonchev–Trinajstić information content (AvgIpc) is 3.65. The fourth-order valence-corrected chi connectivity index (χ4v) is 7.05. The summed E-state index contributed by atoms with van der Waals surface area (Å²) in [6, 6.07) is 11.6. The van der Waals surface area contributed by atoms with Crippen molar-refractivity contribution in [3.8, 4) is 0 Å². The SMILES string of the molecule is CC(C)C[C@H](NC(=O)[C@H](Cc1ccccc1)NC(=O)[C@@H]1CCCN1C(=O)[C@@H](Cc1ccccc1)NC(=O)[C@@H](CC(C)C)NC(=O)OC(C)(C)C)C(=O)N[C@H](C(=O)O)C(C)C. The molecule has 2 aromatic rings. The number of aliphatic carboxylic acids is 1. The maximum absolute atomic E-state index is 14.5. The number of carboxylic acid groups (broad SMARTS) is 1. The van der Waals surface area contributed by atoms with Gasteiger partial charge in [-0.05, 0) is 75.3 Å². The van der Waals surface area contributed by atoms with Crippen molar-refractivity contribution in [2.45, 2.75) is 143 Å². The molecular formula is C45H66N6O9. The zero-order valence-electron chi connectivity index (χ0n) is 36.6. The highest BCUT2D eigenvalue weighted by atomic mass is 16.6. The highest BCUT2D eigenvalue weighted by molar-refractivity contribution is 5.97. The summed E-state index contributed by atoms with van der Waals surface area (Å²) in [4.78, 5) is 96.3. The predicted molar refractivity (Wildman–Crippen MR) is 227 cm³/mol. The van der Waals surface area contributed by atoms with E-state index >= 15 is 0 Å². The Kier molecular flexibility index (Phi) is 18.6. The highest BCUT2D eigenvalue weighted by Crippen LogP contribution is 2.21. The molecule has 0 spiro atoms. The molecular weight excluding hydrogens is 769 g/mol. The van der Waals surface area contributed by atoms with Gasteiger partial charge in [0.2, 0.25) is 29.5 Å². The molecule has 60 heavy (non-hydrogen) atoms. The first-order valence-electron chi connectivity index (χ1n) is 21.0. The van der Waals surface area contributed by atoms with Crippen LogP contribution in [-0.2, 0) is 46.3 Å². The van der Waals surface area contributed by atoms with Crippen molar-refractivity contribution in [1.29, 1.82) is 0 Å². The van der Waals surface area contributed by atoms with Crippen LogP contribution in [0.15, 0.2) is 60.7 Å². The van der Waals surface area contributed by atoms with Crippen LogP contribution in [0.5, 0.6) is 0 Å². The van der Waals surface area contributed by atoms with Crippen LogP contribution in [0.25, 0.3) is 0 Å². The summed E-state index contributed by atoms with van der Waals surface area (Å²) in [7, 11) is 0. The van der Waals surface area contributed by atoms with E-state index in [0.717, 1.165) is 11.1 Å². The maximum Gasteiger partial charge on any atom is 0.408 e. The van der Waals surface area contributed by atoms with Crippen molar-refractivity contribution < 1.29 is 43.4 Å². The summed E-state index contributed by atoms with van der Waals surface area (Å²) >= 11 is 0. The Balaban J connectivity index is 1.90. The van der Waals surface area contributed by atoms with E-state index in [2.05, 4.69) is 26.6 Å². The van der Waals surface area contributed by atoms with Crippen LogP contribution in [0.1, 0.15) is 99.1 Å². The zero-order valence-corrected chi connectivity index (χ0v) is 36.6. The van der Waals surface area contributed by atoms with E-state index in [1.807, 2.05) is 64.1 Å². The first-order valence-corrected chi connectivity index (χ1v) is 21.0. The third-order valence-electron chi connectivity index (χ3n) is 9.94. The third kappa shape index (κ3) is 15.9. The van der Waals surface area contributed by atoms with Gasteiger partial charge in [-0.3, -0.25) is 24.0 Å². The van der Waals surface area contributed by atoms with E-state index in [1.54, 1.807) is 58.9 Å². The first-order chi connectivity index (χ1) is 28.1. The summed E-state index contributed by atoms with van der Waals surface area (Å²) < 4.78 is 5.42. The first kappa shape index (κ1) is 48.9. The van der Waals surface area contributed by atoms with Gasteiger partial charge in [-0.2, -0.15) is 0 Å². The lowest BCUT2D eigenvalue weighted by molar-refractivity contribution is -0.143. The summed E-state index contributed by atoms with van der Waals surface area (Å²) in [5.41, 5.74) is 0.693. The topological polar surface area (TPSA) is 212 Å². The maximum atomic E-state index is 14.5. The van der Waals surface area contributed by atoms with Crippen LogP contribution >= 0.6 is 0 Å². The minimum atomic E-state index is -1.20. The van der Waals surface area contributed by atoms with E-state index in [-0.39, 0.29) is 44.1 Å². The smallest absolute Gasteiger partial charge is 0.408 e. The number of rotatable bonds is 20. The summed E-state index contributed by atoms with van der Waals surface area (Å²) in [6.45, 7) is 16.3. The number of likely N-dealkylation sites (tertiary alicyclic amines) is 1. The van der Waals surface area contributed by atoms with Gasteiger partial charge in [-0.25, -0.2) is 9.59 Å². The van der Waals surface area contributed by atoms with Gasteiger partial charge in [-0.15, -0.1) is 0 Å². The van der Waals surface area contributed by atoms with Crippen molar-refractivity contribution in [3.63, 3.8) is 0 Å². The lowest BCUT2D eigenvalue weighted by Crippen LogP contribution is -2.60. The van der Waals surface area contributed by atoms with Gasteiger partial charge in [0.15, 0.2) is 0 Å².